The van der Waals surface area contributed by atoms with Crippen molar-refractivity contribution in [1.82, 2.24) is 5.32 Å². The molecule has 1 amide bonds. The predicted octanol–water partition coefficient (Wildman–Crippen LogP) is 2.04. The third kappa shape index (κ3) is 3.45. The highest BCUT2D eigenvalue weighted by molar-refractivity contribution is 5.97. The Labute approximate surface area is 103 Å². The van der Waals surface area contributed by atoms with Crippen LogP contribution in [-0.4, -0.2) is 23.0 Å². The van der Waals surface area contributed by atoms with E-state index in [1.807, 2.05) is 0 Å². The van der Waals surface area contributed by atoms with Crippen LogP contribution in [0, 0.1) is 17.3 Å². The summed E-state index contributed by atoms with van der Waals surface area (Å²) in [6.45, 7) is 7.45. The maximum Gasteiger partial charge on any atom is 0.316 e. The van der Waals surface area contributed by atoms with E-state index in [2.05, 4.69) is 12.2 Å². The van der Waals surface area contributed by atoms with Gasteiger partial charge in [0.1, 0.15) is 5.92 Å². The molecule has 0 aliphatic heterocycles. The lowest BCUT2D eigenvalue weighted by Gasteiger charge is -2.28. The van der Waals surface area contributed by atoms with Crippen molar-refractivity contribution in [2.24, 2.45) is 17.3 Å². The number of carboxylic acids is 1. The van der Waals surface area contributed by atoms with Crippen molar-refractivity contribution < 1.29 is 14.7 Å². The summed E-state index contributed by atoms with van der Waals surface area (Å²) < 4.78 is 0. The van der Waals surface area contributed by atoms with E-state index in [1.165, 1.54) is 0 Å². The predicted molar refractivity (Wildman–Crippen MR) is 65.5 cm³/mol. The number of rotatable bonds is 3. The van der Waals surface area contributed by atoms with Crippen LogP contribution >= 0.6 is 0 Å². The number of hydrogen-bond donors (Lipinski definition) is 2. The van der Waals surface area contributed by atoms with E-state index in [0.29, 0.717) is 5.92 Å². The summed E-state index contributed by atoms with van der Waals surface area (Å²) in [6.07, 6.45) is 3.18. The monoisotopic (exact) mass is 241 g/mol. The van der Waals surface area contributed by atoms with Crippen molar-refractivity contribution in [2.75, 3.05) is 0 Å². The molecule has 0 spiro atoms. The minimum Gasteiger partial charge on any atom is -0.481 e. The zero-order valence-corrected chi connectivity index (χ0v) is 11.1. The molecule has 3 unspecified atom stereocenters. The zero-order chi connectivity index (χ0) is 13.2. The molecule has 17 heavy (non-hydrogen) atoms. The molecule has 0 heterocycles. The second kappa shape index (κ2) is 5.07. The van der Waals surface area contributed by atoms with E-state index in [-0.39, 0.29) is 11.9 Å². The van der Waals surface area contributed by atoms with Crippen molar-refractivity contribution in [2.45, 2.75) is 53.0 Å². The van der Waals surface area contributed by atoms with Crippen LogP contribution in [0.2, 0.25) is 0 Å². The lowest BCUT2D eigenvalue weighted by molar-refractivity contribution is -0.151. The van der Waals surface area contributed by atoms with E-state index in [0.717, 1.165) is 19.3 Å². The van der Waals surface area contributed by atoms with Crippen LogP contribution in [0.3, 0.4) is 0 Å². The summed E-state index contributed by atoms with van der Waals surface area (Å²) >= 11 is 0. The molecular formula is C13H23NO3. The topological polar surface area (TPSA) is 66.4 Å². The third-order valence-electron chi connectivity index (χ3n) is 3.56. The second-order valence-electron chi connectivity index (χ2n) is 6.16. The first kappa shape index (κ1) is 14.0. The first-order valence-electron chi connectivity index (χ1n) is 6.26. The molecule has 3 atom stereocenters. The largest absolute Gasteiger partial charge is 0.481 e. The van der Waals surface area contributed by atoms with E-state index < -0.39 is 17.3 Å². The van der Waals surface area contributed by atoms with Gasteiger partial charge in [-0.2, -0.15) is 0 Å². The normalized spacial score (nSPS) is 26.6. The van der Waals surface area contributed by atoms with E-state index in [9.17, 15) is 9.59 Å². The fourth-order valence-electron chi connectivity index (χ4n) is 2.50. The van der Waals surface area contributed by atoms with Crippen LogP contribution in [0.4, 0.5) is 0 Å². The van der Waals surface area contributed by atoms with Gasteiger partial charge in [-0.25, -0.2) is 0 Å². The summed E-state index contributed by atoms with van der Waals surface area (Å²) in [6, 6.07) is 0.145. The van der Waals surface area contributed by atoms with Crippen LogP contribution in [0.15, 0.2) is 0 Å². The number of carbonyl (C=O) groups excluding carboxylic acids is 1. The quantitative estimate of drug-likeness (QED) is 0.743. The maximum absolute atomic E-state index is 12.0. The standard InChI is InChI=1S/C13H23NO3/c1-8-6-5-7-9(8)14-11(15)10(12(16)17)13(2,3)4/h8-10H,5-7H2,1-4H3,(H,14,15)(H,16,17). The lowest BCUT2D eigenvalue weighted by Crippen LogP contribution is -2.47. The molecule has 1 rings (SSSR count). The van der Waals surface area contributed by atoms with Crippen molar-refractivity contribution >= 4 is 11.9 Å². The molecule has 2 N–H and O–H groups in total. The van der Waals surface area contributed by atoms with Crippen molar-refractivity contribution in [3.8, 4) is 0 Å². The number of hydrogen-bond acceptors (Lipinski definition) is 2. The molecule has 0 bridgehead atoms. The van der Waals surface area contributed by atoms with Crippen LogP contribution in [-0.2, 0) is 9.59 Å². The molecule has 4 nitrogen and oxygen atoms in total. The van der Waals surface area contributed by atoms with Gasteiger partial charge in [-0.15, -0.1) is 0 Å². The van der Waals surface area contributed by atoms with E-state index in [1.54, 1.807) is 20.8 Å². The Balaban J connectivity index is 2.69. The van der Waals surface area contributed by atoms with Crippen molar-refractivity contribution in [1.29, 1.82) is 0 Å². The third-order valence-corrected chi connectivity index (χ3v) is 3.56. The Bertz CT molecular complexity index is 306. The van der Waals surface area contributed by atoms with Gasteiger partial charge in [-0.1, -0.05) is 34.1 Å². The van der Waals surface area contributed by atoms with Gasteiger partial charge in [0.2, 0.25) is 5.91 Å². The fourth-order valence-corrected chi connectivity index (χ4v) is 2.50. The smallest absolute Gasteiger partial charge is 0.316 e. The molecular weight excluding hydrogens is 218 g/mol. The first-order chi connectivity index (χ1) is 7.73. The summed E-state index contributed by atoms with van der Waals surface area (Å²) in [4.78, 5) is 23.2. The Hall–Kier alpha value is -1.06. The highest BCUT2D eigenvalue weighted by Gasteiger charge is 2.39. The van der Waals surface area contributed by atoms with Crippen LogP contribution in [0.5, 0.6) is 0 Å². The number of amides is 1. The highest BCUT2D eigenvalue weighted by atomic mass is 16.4. The lowest BCUT2D eigenvalue weighted by atomic mass is 9.80. The van der Waals surface area contributed by atoms with E-state index >= 15 is 0 Å². The summed E-state index contributed by atoms with van der Waals surface area (Å²) in [7, 11) is 0. The van der Waals surface area contributed by atoms with Gasteiger partial charge in [0.25, 0.3) is 0 Å². The average molecular weight is 241 g/mol. The number of carbonyl (C=O) groups is 2. The fraction of sp³-hybridized carbons (Fsp3) is 0.846. The SMILES string of the molecule is CC1CCCC1NC(=O)C(C(=O)O)C(C)(C)C. The van der Waals surface area contributed by atoms with Gasteiger partial charge in [-0.3, -0.25) is 9.59 Å². The Morgan fingerprint density at radius 1 is 1.29 bits per heavy atom. The minimum absolute atomic E-state index is 0.145. The number of carboxylic acid groups (broad SMARTS) is 1. The molecule has 0 saturated heterocycles. The molecule has 0 aromatic rings. The first-order valence-corrected chi connectivity index (χ1v) is 6.26. The van der Waals surface area contributed by atoms with E-state index in [4.69, 9.17) is 5.11 Å². The molecule has 0 radical (unpaired) electrons. The summed E-state index contributed by atoms with van der Waals surface area (Å²) in [5.74, 6) is -1.91. The average Bonchev–Trinajstić information content (AvgIpc) is 2.48. The van der Waals surface area contributed by atoms with Gasteiger partial charge in [-0.05, 0) is 24.2 Å². The van der Waals surface area contributed by atoms with Gasteiger partial charge >= 0.3 is 5.97 Å². The van der Waals surface area contributed by atoms with Gasteiger partial charge in [0.05, 0.1) is 0 Å². The number of nitrogens with one attached hydrogen (secondary N) is 1. The van der Waals surface area contributed by atoms with Crippen LogP contribution in [0.1, 0.15) is 47.0 Å². The molecule has 1 fully saturated rings. The maximum atomic E-state index is 12.0. The Morgan fingerprint density at radius 3 is 2.24 bits per heavy atom. The molecule has 1 aliphatic rings. The Morgan fingerprint density at radius 2 is 1.88 bits per heavy atom. The molecule has 98 valence electrons. The molecule has 4 heteroatoms. The van der Waals surface area contributed by atoms with Gasteiger partial charge in [0, 0.05) is 6.04 Å². The van der Waals surface area contributed by atoms with Crippen LogP contribution in [0.25, 0.3) is 0 Å². The Kier molecular flexibility index (Phi) is 4.17. The minimum atomic E-state index is -1.04. The molecule has 0 aromatic heterocycles. The molecule has 0 aromatic carbocycles. The van der Waals surface area contributed by atoms with Crippen molar-refractivity contribution in [3.63, 3.8) is 0 Å². The van der Waals surface area contributed by atoms with Gasteiger partial charge in [0.15, 0.2) is 0 Å². The summed E-state index contributed by atoms with van der Waals surface area (Å²) in [5, 5.41) is 12.1. The number of aliphatic carboxylic acids is 1. The molecule has 1 aliphatic carbocycles. The molecule has 1 saturated carbocycles. The second-order valence-corrected chi connectivity index (χ2v) is 6.16. The van der Waals surface area contributed by atoms with Crippen molar-refractivity contribution in [3.05, 3.63) is 0 Å². The van der Waals surface area contributed by atoms with Crippen LogP contribution < -0.4 is 5.32 Å². The summed E-state index contributed by atoms with van der Waals surface area (Å²) in [5.41, 5.74) is -0.558. The highest BCUT2D eigenvalue weighted by Crippen LogP contribution is 2.29. The van der Waals surface area contributed by atoms with Gasteiger partial charge < -0.3 is 10.4 Å². The zero-order valence-electron chi connectivity index (χ0n) is 11.1.